The largest absolute Gasteiger partial charge is 0.462 e. The Morgan fingerprint density at radius 3 is 2.58 bits per heavy atom. The number of carbonyl (C=O) groups is 1. The van der Waals surface area contributed by atoms with Crippen LogP contribution in [0.3, 0.4) is 0 Å². The number of aliphatic hydroxyl groups is 1. The van der Waals surface area contributed by atoms with Crippen molar-refractivity contribution in [2.75, 3.05) is 6.61 Å². The van der Waals surface area contributed by atoms with E-state index in [2.05, 4.69) is 9.57 Å². The average molecular weight is 179 g/mol. The maximum absolute atomic E-state index is 10.7. The first kappa shape index (κ1) is 10.6. The average Bonchev–Trinajstić information content (AvgIpc) is 1.85. The van der Waals surface area contributed by atoms with Gasteiger partial charge in [-0.1, -0.05) is 0 Å². The molecule has 0 aliphatic heterocycles. The number of nitrogens with zero attached hydrogens (tertiary/aromatic N) is 1. The number of esters is 1. The normalized spacial score (nSPS) is 14.6. The van der Waals surface area contributed by atoms with Crippen molar-refractivity contribution in [2.24, 2.45) is 0 Å². The molecular weight excluding hydrogens is 170 g/mol. The van der Waals surface area contributed by atoms with Gasteiger partial charge in [-0.05, 0) is 6.92 Å². The van der Waals surface area contributed by atoms with Crippen LogP contribution in [0.5, 0.6) is 0 Å². The summed E-state index contributed by atoms with van der Waals surface area (Å²) in [6.45, 7) is 2.34. The zero-order valence-electron chi connectivity index (χ0n) is 6.64. The van der Waals surface area contributed by atoms with Crippen molar-refractivity contribution in [1.29, 1.82) is 0 Å². The lowest BCUT2D eigenvalue weighted by atomic mass is 10.3. The Morgan fingerprint density at radius 1 is 1.75 bits per heavy atom. The van der Waals surface area contributed by atoms with Gasteiger partial charge in [0, 0.05) is 6.92 Å². The number of carbonyl (C=O) groups excluding carboxylic acids is 1. The molecule has 70 valence electrons. The van der Waals surface area contributed by atoms with Gasteiger partial charge < -0.3 is 9.84 Å². The van der Waals surface area contributed by atoms with E-state index >= 15 is 0 Å². The smallest absolute Gasteiger partial charge is 0.365 e. The van der Waals surface area contributed by atoms with E-state index in [1.807, 2.05) is 0 Å². The molecule has 0 radical (unpaired) electrons. The Bertz CT molecular complexity index is 188. The molecule has 0 aromatic carbocycles. The van der Waals surface area contributed by atoms with E-state index in [1.165, 1.54) is 6.92 Å². The molecule has 0 fully saturated rings. The Hall–Kier alpha value is -1.37. The Balaban J connectivity index is 4.18. The van der Waals surface area contributed by atoms with Crippen LogP contribution in [-0.2, 0) is 14.4 Å². The molecule has 0 aliphatic carbocycles. The number of hydrogen-bond acceptors (Lipinski definition) is 6. The maximum Gasteiger partial charge on any atom is 0.365 e. The van der Waals surface area contributed by atoms with Crippen molar-refractivity contribution in [1.82, 2.24) is 0 Å². The minimum atomic E-state index is -2.53. The Kier molecular flexibility index (Phi) is 3.42. The van der Waals surface area contributed by atoms with Crippen LogP contribution in [0, 0.1) is 10.1 Å². The van der Waals surface area contributed by atoms with Gasteiger partial charge in [-0.25, -0.2) is 4.79 Å². The molecule has 0 rings (SSSR count). The summed E-state index contributed by atoms with van der Waals surface area (Å²) >= 11 is 0. The van der Waals surface area contributed by atoms with Crippen LogP contribution >= 0.6 is 0 Å². The second-order valence-electron chi connectivity index (χ2n) is 2.02. The molecule has 7 nitrogen and oxygen atoms in total. The van der Waals surface area contributed by atoms with E-state index in [0.29, 0.717) is 0 Å². The van der Waals surface area contributed by atoms with Crippen LogP contribution in [0.25, 0.3) is 0 Å². The lowest BCUT2D eigenvalue weighted by Gasteiger charge is -2.17. The molecule has 0 spiro atoms. The maximum atomic E-state index is 10.7. The van der Waals surface area contributed by atoms with Gasteiger partial charge in [0.15, 0.2) is 0 Å². The topological polar surface area (TPSA) is 98.9 Å². The van der Waals surface area contributed by atoms with Crippen LogP contribution in [0.2, 0.25) is 0 Å². The number of ether oxygens (including phenoxy) is 1. The first-order valence-corrected chi connectivity index (χ1v) is 3.13. The first-order valence-electron chi connectivity index (χ1n) is 3.13. The van der Waals surface area contributed by atoms with Crippen LogP contribution in [0.4, 0.5) is 0 Å². The van der Waals surface area contributed by atoms with Crippen LogP contribution in [0.1, 0.15) is 13.8 Å². The second kappa shape index (κ2) is 3.86. The molecule has 0 amide bonds. The van der Waals surface area contributed by atoms with Crippen molar-refractivity contribution >= 4 is 5.97 Å². The van der Waals surface area contributed by atoms with Gasteiger partial charge in [0.25, 0.3) is 5.09 Å². The van der Waals surface area contributed by atoms with E-state index in [0.717, 1.165) is 6.92 Å². The zero-order valence-corrected chi connectivity index (χ0v) is 6.64. The van der Waals surface area contributed by atoms with Crippen molar-refractivity contribution < 1.29 is 24.6 Å². The standard InChI is InChI=1S/C5H9NO6/c1-3-11-4(7)5(2,8)12-6(9)10/h8H,3H2,1-2H3. The molecule has 0 aromatic heterocycles. The van der Waals surface area contributed by atoms with Crippen molar-refractivity contribution in [3.05, 3.63) is 10.1 Å². The summed E-state index contributed by atoms with van der Waals surface area (Å²) in [5, 5.41) is 17.4. The van der Waals surface area contributed by atoms with Crippen LogP contribution in [0.15, 0.2) is 0 Å². The van der Waals surface area contributed by atoms with E-state index in [-0.39, 0.29) is 6.61 Å². The third-order valence-corrected chi connectivity index (χ3v) is 0.906. The lowest BCUT2D eigenvalue weighted by Crippen LogP contribution is -2.41. The molecule has 1 atom stereocenters. The second-order valence-corrected chi connectivity index (χ2v) is 2.02. The zero-order chi connectivity index (χ0) is 9.78. The fourth-order valence-corrected chi connectivity index (χ4v) is 0.447. The Morgan fingerprint density at radius 2 is 2.25 bits per heavy atom. The molecule has 1 N–H and O–H groups in total. The molecule has 7 heteroatoms. The monoisotopic (exact) mass is 179 g/mol. The van der Waals surface area contributed by atoms with E-state index in [4.69, 9.17) is 5.11 Å². The summed E-state index contributed by atoms with van der Waals surface area (Å²) in [7, 11) is 0. The molecule has 0 aromatic rings. The number of rotatable bonds is 4. The molecule has 1 unspecified atom stereocenters. The number of hydrogen-bond donors (Lipinski definition) is 1. The summed E-state index contributed by atoms with van der Waals surface area (Å²) < 4.78 is 4.29. The molecule has 0 aliphatic rings. The highest BCUT2D eigenvalue weighted by Crippen LogP contribution is 2.07. The fraction of sp³-hybridized carbons (Fsp3) is 0.800. The SMILES string of the molecule is CCOC(=O)C(C)(O)O[N+](=O)[O-]. The molecule has 0 heterocycles. The highest BCUT2D eigenvalue weighted by Gasteiger charge is 2.36. The minimum Gasteiger partial charge on any atom is -0.462 e. The van der Waals surface area contributed by atoms with Crippen LogP contribution in [-0.4, -0.2) is 28.6 Å². The quantitative estimate of drug-likeness (QED) is 0.269. The summed E-state index contributed by atoms with van der Waals surface area (Å²) in [6, 6.07) is 0. The van der Waals surface area contributed by atoms with Gasteiger partial charge >= 0.3 is 11.8 Å². The predicted molar refractivity (Wildman–Crippen MR) is 35.3 cm³/mol. The molecule has 0 bridgehead atoms. The van der Waals surface area contributed by atoms with Gasteiger partial charge in [0.1, 0.15) is 0 Å². The van der Waals surface area contributed by atoms with Crippen molar-refractivity contribution in [3.63, 3.8) is 0 Å². The van der Waals surface area contributed by atoms with E-state index in [9.17, 15) is 14.9 Å². The van der Waals surface area contributed by atoms with E-state index < -0.39 is 16.8 Å². The van der Waals surface area contributed by atoms with Gasteiger partial charge in [-0.15, -0.1) is 10.1 Å². The fourth-order valence-electron chi connectivity index (χ4n) is 0.447. The highest BCUT2D eigenvalue weighted by atomic mass is 17.0. The summed E-state index contributed by atoms with van der Waals surface area (Å²) in [6.07, 6.45) is 0. The van der Waals surface area contributed by atoms with E-state index in [1.54, 1.807) is 0 Å². The van der Waals surface area contributed by atoms with Gasteiger partial charge in [0.05, 0.1) is 6.61 Å². The van der Waals surface area contributed by atoms with Crippen molar-refractivity contribution in [3.8, 4) is 0 Å². The van der Waals surface area contributed by atoms with Crippen LogP contribution < -0.4 is 0 Å². The first-order chi connectivity index (χ1) is 5.40. The minimum absolute atomic E-state index is 0.00998. The van der Waals surface area contributed by atoms with Gasteiger partial charge in [0.2, 0.25) is 0 Å². The van der Waals surface area contributed by atoms with Gasteiger partial charge in [-0.3, -0.25) is 4.84 Å². The lowest BCUT2D eigenvalue weighted by molar-refractivity contribution is -0.788. The Labute approximate surface area is 68.0 Å². The highest BCUT2D eigenvalue weighted by molar-refractivity contribution is 5.76. The summed E-state index contributed by atoms with van der Waals surface area (Å²) in [4.78, 5) is 24.1. The molecule has 12 heavy (non-hydrogen) atoms. The molecule has 0 saturated carbocycles. The molecular formula is C5H9NO6. The predicted octanol–water partition coefficient (Wildman–Crippen LogP) is -0.534. The van der Waals surface area contributed by atoms with Crippen molar-refractivity contribution in [2.45, 2.75) is 19.6 Å². The van der Waals surface area contributed by atoms with Gasteiger partial charge in [-0.2, -0.15) is 0 Å². The summed E-state index contributed by atoms with van der Waals surface area (Å²) in [5.41, 5.74) is 0. The third-order valence-electron chi connectivity index (χ3n) is 0.906. The third kappa shape index (κ3) is 3.15. The molecule has 0 saturated heterocycles. The summed E-state index contributed by atoms with van der Waals surface area (Å²) in [5.74, 6) is -3.72.